The summed E-state index contributed by atoms with van der Waals surface area (Å²) in [4.78, 5) is 6.69. The number of rotatable bonds is 6. The molecule has 0 amide bonds. The topological polar surface area (TPSA) is 60.6 Å². The molecular formula is C13H24N4OS. The van der Waals surface area contributed by atoms with E-state index in [1.165, 1.54) is 18.2 Å². The molecule has 2 unspecified atom stereocenters. The fraction of sp³-hybridized carbons (Fsp3) is 0.846. The molecule has 0 saturated carbocycles. The molecule has 5 nitrogen and oxygen atoms in total. The Bertz CT molecular complexity index is 329. The quantitative estimate of drug-likeness (QED) is 0.263. The minimum absolute atomic E-state index is 0.421. The third kappa shape index (κ3) is 6.81. The first-order valence-electron chi connectivity index (χ1n) is 6.69. The standard InChI is InChI=1S/C13H24N4OS/c1-11-7-12(9-18-11)8-17(2)6-4-5-15-13(19-3)16-10-14/h11-12H,4-9H2,1-3H3,(H,15,16). The van der Waals surface area contributed by atoms with E-state index in [1.54, 1.807) is 0 Å². The summed E-state index contributed by atoms with van der Waals surface area (Å²) in [5.41, 5.74) is 0. The van der Waals surface area contributed by atoms with Crippen LogP contribution in [0.5, 0.6) is 0 Å². The summed E-state index contributed by atoms with van der Waals surface area (Å²) in [6.07, 6.45) is 6.41. The monoisotopic (exact) mass is 284 g/mol. The van der Waals surface area contributed by atoms with Gasteiger partial charge in [-0.25, -0.2) is 0 Å². The van der Waals surface area contributed by atoms with Crippen LogP contribution in [0.4, 0.5) is 0 Å². The Morgan fingerprint density at radius 3 is 3.00 bits per heavy atom. The number of nitriles is 1. The second-order valence-electron chi connectivity index (χ2n) is 4.99. The third-order valence-electron chi connectivity index (χ3n) is 3.16. The van der Waals surface area contributed by atoms with Gasteiger partial charge >= 0.3 is 0 Å². The first-order chi connectivity index (χ1) is 9.15. The van der Waals surface area contributed by atoms with Crippen molar-refractivity contribution in [1.82, 2.24) is 10.2 Å². The van der Waals surface area contributed by atoms with E-state index in [9.17, 15) is 0 Å². The lowest BCUT2D eigenvalue weighted by Gasteiger charge is -2.19. The van der Waals surface area contributed by atoms with Crippen LogP contribution in [-0.4, -0.2) is 55.7 Å². The number of ether oxygens (including phenoxy) is 1. The van der Waals surface area contributed by atoms with Crippen LogP contribution in [0.25, 0.3) is 0 Å². The zero-order valence-corrected chi connectivity index (χ0v) is 12.9. The second kappa shape index (κ2) is 9.18. The lowest BCUT2D eigenvalue weighted by Crippen LogP contribution is -2.27. The highest BCUT2D eigenvalue weighted by Crippen LogP contribution is 2.19. The Labute approximate surface area is 120 Å². The van der Waals surface area contributed by atoms with Gasteiger partial charge < -0.3 is 9.64 Å². The van der Waals surface area contributed by atoms with E-state index in [2.05, 4.69) is 29.2 Å². The van der Waals surface area contributed by atoms with Gasteiger partial charge in [-0.15, -0.1) is 0 Å². The predicted molar refractivity (Wildman–Crippen MR) is 80.2 cm³/mol. The third-order valence-corrected chi connectivity index (χ3v) is 3.78. The molecule has 1 N–H and O–H groups in total. The lowest BCUT2D eigenvalue weighted by atomic mass is 10.1. The van der Waals surface area contributed by atoms with E-state index in [1.807, 2.05) is 12.4 Å². The maximum atomic E-state index is 8.52. The predicted octanol–water partition coefficient (Wildman–Crippen LogP) is 1.52. The van der Waals surface area contributed by atoms with Crippen molar-refractivity contribution in [2.75, 3.05) is 39.5 Å². The van der Waals surface area contributed by atoms with Gasteiger partial charge in [-0.2, -0.15) is 5.26 Å². The maximum absolute atomic E-state index is 8.52. The number of nitrogens with one attached hydrogen (secondary N) is 1. The smallest absolute Gasteiger partial charge is 0.183 e. The zero-order chi connectivity index (χ0) is 14.1. The minimum atomic E-state index is 0.421. The van der Waals surface area contributed by atoms with Gasteiger partial charge in [0, 0.05) is 13.1 Å². The average Bonchev–Trinajstić information content (AvgIpc) is 2.78. The molecule has 1 fully saturated rings. The van der Waals surface area contributed by atoms with Gasteiger partial charge in [-0.05, 0) is 45.5 Å². The van der Waals surface area contributed by atoms with Crippen LogP contribution in [0.1, 0.15) is 19.8 Å². The van der Waals surface area contributed by atoms with Gasteiger partial charge in [-0.3, -0.25) is 10.3 Å². The number of aliphatic imine (C=N–C) groups is 1. The molecule has 108 valence electrons. The highest BCUT2D eigenvalue weighted by molar-refractivity contribution is 8.13. The molecule has 1 rings (SSSR count). The fourth-order valence-electron chi connectivity index (χ4n) is 2.29. The van der Waals surface area contributed by atoms with Crippen molar-refractivity contribution >= 4 is 16.9 Å². The van der Waals surface area contributed by atoms with Gasteiger partial charge in [0.05, 0.1) is 12.7 Å². The van der Waals surface area contributed by atoms with Crippen molar-refractivity contribution < 1.29 is 4.74 Å². The Balaban J connectivity index is 2.13. The number of hydrogen-bond donors (Lipinski definition) is 1. The van der Waals surface area contributed by atoms with E-state index >= 15 is 0 Å². The van der Waals surface area contributed by atoms with Crippen molar-refractivity contribution in [1.29, 1.82) is 5.26 Å². The number of hydrogen-bond acceptors (Lipinski definition) is 5. The van der Waals surface area contributed by atoms with E-state index in [4.69, 9.17) is 10.00 Å². The molecule has 1 aliphatic heterocycles. The Morgan fingerprint density at radius 2 is 2.42 bits per heavy atom. The lowest BCUT2D eigenvalue weighted by molar-refractivity contribution is 0.116. The Kier molecular flexibility index (Phi) is 7.87. The molecule has 0 aromatic heterocycles. The van der Waals surface area contributed by atoms with Crippen molar-refractivity contribution in [3.63, 3.8) is 0 Å². The summed E-state index contributed by atoms with van der Waals surface area (Å²) in [5, 5.41) is 11.8. The van der Waals surface area contributed by atoms with E-state index in [0.29, 0.717) is 17.2 Å². The SMILES string of the molecule is CSC(=NCCCN(C)CC1COC(C)C1)NC#N. The van der Waals surface area contributed by atoms with Crippen molar-refractivity contribution in [3.05, 3.63) is 0 Å². The van der Waals surface area contributed by atoms with Crippen LogP contribution in [0.2, 0.25) is 0 Å². The van der Waals surface area contributed by atoms with Crippen LogP contribution in [-0.2, 0) is 4.74 Å². The highest BCUT2D eigenvalue weighted by atomic mass is 32.2. The first kappa shape index (κ1) is 16.3. The van der Waals surface area contributed by atoms with Gasteiger partial charge in [0.25, 0.3) is 0 Å². The second-order valence-corrected chi connectivity index (χ2v) is 5.78. The van der Waals surface area contributed by atoms with Gasteiger partial charge in [-0.1, -0.05) is 11.8 Å². The molecule has 0 aromatic rings. The van der Waals surface area contributed by atoms with Crippen molar-refractivity contribution in [2.45, 2.75) is 25.9 Å². The molecule has 0 spiro atoms. The van der Waals surface area contributed by atoms with Crippen LogP contribution >= 0.6 is 11.8 Å². The number of thioether (sulfide) groups is 1. The van der Waals surface area contributed by atoms with Crippen molar-refractivity contribution in [2.24, 2.45) is 10.9 Å². The summed E-state index contributed by atoms with van der Waals surface area (Å²) in [7, 11) is 2.15. The molecule has 6 heteroatoms. The maximum Gasteiger partial charge on any atom is 0.183 e. The summed E-state index contributed by atoms with van der Waals surface area (Å²) < 4.78 is 5.57. The molecule has 1 heterocycles. The number of nitrogens with zero attached hydrogens (tertiary/aromatic N) is 3. The van der Waals surface area contributed by atoms with Crippen LogP contribution in [0.3, 0.4) is 0 Å². The van der Waals surface area contributed by atoms with E-state index in [0.717, 1.165) is 32.7 Å². The van der Waals surface area contributed by atoms with Crippen LogP contribution in [0, 0.1) is 17.4 Å². The van der Waals surface area contributed by atoms with Crippen LogP contribution < -0.4 is 5.32 Å². The van der Waals surface area contributed by atoms with Gasteiger partial charge in [0.15, 0.2) is 11.4 Å². The molecular weight excluding hydrogens is 260 g/mol. The number of amidine groups is 1. The van der Waals surface area contributed by atoms with E-state index < -0.39 is 0 Å². The van der Waals surface area contributed by atoms with E-state index in [-0.39, 0.29) is 0 Å². The molecule has 0 aromatic carbocycles. The summed E-state index contributed by atoms with van der Waals surface area (Å²) in [6.45, 7) is 5.92. The Morgan fingerprint density at radius 1 is 1.63 bits per heavy atom. The summed E-state index contributed by atoms with van der Waals surface area (Å²) >= 11 is 1.47. The molecule has 0 bridgehead atoms. The Hall–Kier alpha value is -0.770. The van der Waals surface area contributed by atoms with Gasteiger partial charge in [0.2, 0.25) is 0 Å². The summed E-state index contributed by atoms with van der Waals surface area (Å²) in [5.74, 6) is 0.672. The normalized spacial score (nSPS) is 23.6. The zero-order valence-electron chi connectivity index (χ0n) is 12.1. The largest absolute Gasteiger partial charge is 0.378 e. The molecule has 0 aliphatic carbocycles. The molecule has 1 saturated heterocycles. The van der Waals surface area contributed by atoms with Crippen molar-refractivity contribution in [3.8, 4) is 6.19 Å². The molecule has 1 aliphatic rings. The summed E-state index contributed by atoms with van der Waals surface area (Å²) in [6, 6.07) is 0. The first-order valence-corrected chi connectivity index (χ1v) is 7.91. The average molecular weight is 284 g/mol. The molecule has 2 atom stereocenters. The van der Waals surface area contributed by atoms with Crippen LogP contribution in [0.15, 0.2) is 4.99 Å². The minimum Gasteiger partial charge on any atom is -0.378 e. The fourth-order valence-corrected chi connectivity index (χ4v) is 2.66. The van der Waals surface area contributed by atoms with Gasteiger partial charge in [0.1, 0.15) is 0 Å². The molecule has 0 radical (unpaired) electrons. The molecule has 19 heavy (non-hydrogen) atoms. The highest BCUT2D eigenvalue weighted by Gasteiger charge is 2.22.